The van der Waals surface area contributed by atoms with E-state index in [1.807, 2.05) is 0 Å². The van der Waals surface area contributed by atoms with Crippen molar-refractivity contribution in [3.63, 3.8) is 0 Å². The van der Waals surface area contributed by atoms with E-state index in [9.17, 15) is 4.39 Å². The lowest BCUT2D eigenvalue weighted by molar-refractivity contribution is -0.195. The predicted octanol–water partition coefficient (Wildman–Crippen LogP) is 2.72. The van der Waals surface area contributed by atoms with Gasteiger partial charge in [0.15, 0.2) is 0 Å². The van der Waals surface area contributed by atoms with E-state index in [0.717, 1.165) is 45.3 Å². The number of alkyl halides is 1. The Morgan fingerprint density at radius 3 is 2.79 bits per heavy atom. The minimum Gasteiger partial charge on any atom is -0.312 e. The molecule has 3 N–H and O–H groups in total. The molecule has 1 aliphatic carbocycles. The van der Waals surface area contributed by atoms with Crippen LogP contribution in [0.2, 0.25) is 0 Å². The second kappa shape index (κ2) is 8.46. The average molecular weight is 395 g/mol. The van der Waals surface area contributed by atoms with Crippen molar-refractivity contribution in [1.82, 2.24) is 21.0 Å². The van der Waals surface area contributed by atoms with Crippen molar-refractivity contribution in [1.29, 1.82) is 0 Å². The molecule has 0 aromatic rings. The third-order valence-electron chi connectivity index (χ3n) is 8.34. The van der Waals surface area contributed by atoms with Gasteiger partial charge in [-0.3, -0.25) is 10.2 Å². The summed E-state index contributed by atoms with van der Waals surface area (Å²) in [7, 11) is 0. The second-order valence-corrected chi connectivity index (χ2v) is 10.1. The van der Waals surface area contributed by atoms with Crippen LogP contribution >= 0.6 is 0 Å². The van der Waals surface area contributed by atoms with Gasteiger partial charge in [-0.15, -0.1) is 0 Å². The number of nitrogens with zero attached hydrogens (tertiary/aromatic N) is 1. The molecular weight excluding hydrogens is 355 g/mol. The molecule has 5 nitrogen and oxygen atoms in total. The maximum absolute atomic E-state index is 14.4. The van der Waals surface area contributed by atoms with E-state index in [1.54, 1.807) is 0 Å². The molecule has 2 bridgehead atoms. The van der Waals surface area contributed by atoms with Gasteiger partial charge < -0.3 is 10.6 Å². The van der Waals surface area contributed by atoms with E-state index in [1.165, 1.54) is 32.1 Å². The fourth-order valence-electron chi connectivity index (χ4n) is 6.96. The van der Waals surface area contributed by atoms with E-state index >= 15 is 0 Å². The molecule has 9 atom stereocenters. The molecule has 4 saturated heterocycles. The molecule has 4 heterocycles. The normalized spacial score (nSPS) is 50.6. The Bertz CT molecular complexity index is 537. The number of hydroxylamine groups is 2. The third-order valence-corrected chi connectivity index (χ3v) is 8.34. The first-order valence-electron chi connectivity index (χ1n) is 12.0. The number of piperidine rings is 2. The molecule has 160 valence electrons. The summed E-state index contributed by atoms with van der Waals surface area (Å²) in [4.78, 5) is 6.21. The summed E-state index contributed by atoms with van der Waals surface area (Å²) in [5.41, 5.74) is 0. The molecule has 28 heavy (non-hydrogen) atoms. The van der Waals surface area contributed by atoms with Crippen molar-refractivity contribution in [2.24, 2.45) is 11.8 Å². The van der Waals surface area contributed by atoms with Crippen LogP contribution in [-0.2, 0) is 4.84 Å². The summed E-state index contributed by atoms with van der Waals surface area (Å²) in [5, 5.41) is 14.0. The van der Waals surface area contributed by atoms with Gasteiger partial charge in [0, 0.05) is 30.2 Å². The van der Waals surface area contributed by atoms with Gasteiger partial charge in [-0.05, 0) is 76.7 Å². The summed E-state index contributed by atoms with van der Waals surface area (Å²) >= 11 is 0. The van der Waals surface area contributed by atoms with Crippen molar-refractivity contribution in [3.8, 4) is 0 Å². The average Bonchev–Trinajstić information content (AvgIpc) is 3.18. The molecule has 5 aliphatic rings. The summed E-state index contributed by atoms with van der Waals surface area (Å²) in [6.45, 7) is 4.27. The third kappa shape index (κ3) is 3.87. The van der Waals surface area contributed by atoms with E-state index in [2.05, 4.69) is 27.9 Å². The molecule has 0 amide bonds. The highest BCUT2D eigenvalue weighted by molar-refractivity contribution is 5.02. The predicted molar refractivity (Wildman–Crippen MR) is 109 cm³/mol. The molecular formula is C22H39FN4O. The largest absolute Gasteiger partial charge is 0.312 e. The molecule has 5 fully saturated rings. The zero-order chi connectivity index (χ0) is 19.1. The van der Waals surface area contributed by atoms with E-state index in [0.29, 0.717) is 42.0 Å². The Morgan fingerprint density at radius 1 is 0.929 bits per heavy atom. The molecule has 6 heteroatoms. The first kappa shape index (κ1) is 19.7. The van der Waals surface area contributed by atoms with Gasteiger partial charge in [-0.1, -0.05) is 12.8 Å². The summed E-state index contributed by atoms with van der Waals surface area (Å²) < 4.78 is 14.4. The molecule has 0 spiro atoms. The van der Waals surface area contributed by atoms with Gasteiger partial charge in [0.1, 0.15) is 6.17 Å². The maximum atomic E-state index is 14.4. The summed E-state index contributed by atoms with van der Waals surface area (Å²) in [6.07, 6.45) is 10.5. The summed E-state index contributed by atoms with van der Waals surface area (Å²) in [5.74, 6) is 1.12. The zero-order valence-electron chi connectivity index (χ0n) is 17.4. The van der Waals surface area contributed by atoms with Crippen LogP contribution in [0.1, 0.15) is 71.1 Å². The van der Waals surface area contributed by atoms with Crippen LogP contribution in [0.5, 0.6) is 0 Å². The van der Waals surface area contributed by atoms with E-state index < -0.39 is 6.17 Å². The molecule has 4 aliphatic heterocycles. The maximum Gasteiger partial charge on any atom is 0.100 e. The zero-order valence-corrected chi connectivity index (χ0v) is 17.4. The highest BCUT2D eigenvalue weighted by Gasteiger charge is 2.46. The van der Waals surface area contributed by atoms with Crippen molar-refractivity contribution < 1.29 is 9.23 Å². The second-order valence-electron chi connectivity index (χ2n) is 10.1. The number of rotatable bonds is 0. The van der Waals surface area contributed by atoms with Crippen molar-refractivity contribution in [2.75, 3.05) is 13.2 Å². The quantitative estimate of drug-likeness (QED) is 0.590. The Morgan fingerprint density at radius 2 is 1.86 bits per heavy atom. The highest BCUT2D eigenvalue weighted by Crippen LogP contribution is 2.42. The van der Waals surface area contributed by atoms with Gasteiger partial charge in [0.25, 0.3) is 0 Å². The first-order valence-corrected chi connectivity index (χ1v) is 12.0. The monoisotopic (exact) mass is 394 g/mol. The van der Waals surface area contributed by atoms with Crippen LogP contribution < -0.4 is 16.0 Å². The van der Waals surface area contributed by atoms with Gasteiger partial charge in [-0.25, -0.2) is 4.39 Å². The lowest BCUT2D eigenvalue weighted by Crippen LogP contribution is -2.70. The van der Waals surface area contributed by atoms with E-state index in [-0.39, 0.29) is 6.17 Å². The number of hydrogen-bond acceptors (Lipinski definition) is 5. The minimum absolute atomic E-state index is 0.273. The minimum atomic E-state index is -0.615. The molecule has 1 saturated carbocycles. The van der Waals surface area contributed by atoms with Crippen molar-refractivity contribution in [2.45, 2.75) is 114 Å². The number of hydrogen-bond donors (Lipinski definition) is 3. The van der Waals surface area contributed by atoms with Crippen LogP contribution in [0.25, 0.3) is 0 Å². The number of nitrogens with one attached hydrogen (secondary N) is 3. The molecule has 0 radical (unpaired) electrons. The molecule has 5 rings (SSSR count). The lowest BCUT2D eigenvalue weighted by atomic mass is 9.71. The van der Waals surface area contributed by atoms with Gasteiger partial charge in [0.05, 0.1) is 12.8 Å². The van der Waals surface area contributed by atoms with Crippen LogP contribution in [0.4, 0.5) is 4.39 Å². The topological polar surface area (TPSA) is 48.6 Å². The Balaban J connectivity index is 1.41. The molecule has 0 aromatic carbocycles. The lowest BCUT2D eigenvalue weighted by Gasteiger charge is -2.49. The first-order chi connectivity index (χ1) is 13.7. The summed E-state index contributed by atoms with van der Waals surface area (Å²) in [6, 6.07) is 2.48. The number of halogens is 1. The standard InChI is InChI=1S/C22H39FN4O/c1-14-3-2-4-15-5-6-16(23)13-17(15)20-10-12-28-27(20)21-8-7-18-22(26-21)19(25-14)9-11-24-18/h14-22,24-26H,2-13H2,1H3/t14-,15?,16?,17?,18?,19?,20+,21?,22?/m0/s1. The SMILES string of the molecule is C[C@H]1CCCC2CCC(F)CC2[C@H]2CCON2C2CCC3NCCC(N1)C3N2. The molecule has 0 aromatic heterocycles. The van der Waals surface area contributed by atoms with Crippen molar-refractivity contribution in [3.05, 3.63) is 0 Å². The Hall–Kier alpha value is -0.270. The fourth-order valence-corrected chi connectivity index (χ4v) is 6.96. The Kier molecular flexibility index (Phi) is 5.95. The van der Waals surface area contributed by atoms with Crippen molar-refractivity contribution >= 4 is 0 Å². The Labute approximate surface area is 169 Å². The highest BCUT2D eigenvalue weighted by atomic mass is 19.1. The van der Waals surface area contributed by atoms with Gasteiger partial charge in [0.2, 0.25) is 0 Å². The number of fused-ring (bicyclic) bond motifs is 5. The fraction of sp³-hybridized carbons (Fsp3) is 1.00. The van der Waals surface area contributed by atoms with Crippen LogP contribution in [0.15, 0.2) is 0 Å². The smallest absolute Gasteiger partial charge is 0.100 e. The molecule has 7 unspecified atom stereocenters. The van der Waals surface area contributed by atoms with Gasteiger partial charge >= 0.3 is 0 Å². The van der Waals surface area contributed by atoms with Crippen LogP contribution in [0.3, 0.4) is 0 Å². The van der Waals surface area contributed by atoms with Crippen LogP contribution in [-0.4, -0.2) is 60.8 Å². The van der Waals surface area contributed by atoms with Crippen LogP contribution in [0, 0.1) is 11.8 Å². The van der Waals surface area contributed by atoms with E-state index in [4.69, 9.17) is 4.84 Å². The van der Waals surface area contributed by atoms with Gasteiger partial charge in [-0.2, -0.15) is 5.06 Å².